The maximum absolute atomic E-state index is 13.7. The normalized spacial score (nSPS) is 13.6. The van der Waals surface area contributed by atoms with E-state index in [0.29, 0.717) is 16.8 Å². The SMILES string of the molecule is Nc1cccc2c1C(=O)c1ccc3c4ccc5c6c(ccc(c7ccc-2c1c37)c64)-c1ccccc1C5=O. The van der Waals surface area contributed by atoms with Gasteiger partial charge in [0.2, 0.25) is 0 Å². The highest BCUT2D eigenvalue weighted by Gasteiger charge is 2.31. The van der Waals surface area contributed by atoms with Crippen LogP contribution >= 0.6 is 0 Å². The van der Waals surface area contributed by atoms with Gasteiger partial charge in [-0.15, -0.1) is 0 Å². The molecule has 170 valence electrons. The Bertz CT molecular complexity index is 2220. The van der Waals surface area contributed by atoms with Crippen LogP contribution in [0.4, 0.5) is 5.69 Å². The lowest BCUT2D eigenvalue weighted by Crippen LogP contribution is -2.13. The third kappa shape index (κ3) is 2.07. The Morgan fingerprint density at radius 2 is 0.865 bits per heavy atom. The molecule has 0 fully saturated rings. The van der Waals surface area contributed by atoms with Gasteiger partial charge in [-0.25, -0.2) is 0 Å². The molecular formula is C34H17NO2. The van der Waals surface area contributed by atoms with Crippen molar-refractivity contribution in [2.45, 2.75) is 0 Å². The number of ketones is 2. The van der Waals surface area contributed by atoms with Crippen LogP contribution in [0.15, 0.2) is 91.0 Å². The van der Waals surface area contributed by atoms with E-state index in [-0.39, 0.29) is 11.6 Å². The van der Waals surface area contributed by atoms with Crippen LogP contribution in [0.25, 0.3) is 65.3 Å². The number of hydrogen-bond donors (Lipinski definition) is 1. The predicted molar refractivity (Wildman–Crippen MR) is 150 cm³/mol. The minimum Gasteiger partial charge on any atom is -0.398 e. The van der Waals surface area contributed by atoms with E-state index in [1.807, 2.05) is 48.5 Å². The van der Waals surface area contributed by atoms with Crippen LogP contribution in [0, 0.1) is 0 Å². The molecule has 3 nitrogen and oxygen atoms in total. The van der Waals surface area contributed by atoms with Gasteiger partial charge < -0.3 is 5.73 Å². The van der Waals surface area contributed by atoms with E-state index in [2.05, 4.69) is 36.4 Å². The van der Waals surface area contributed by atoms with E-state index >= 15 is 0 Å². The van der Waals surface area contributed by atoms with Gasteiger partial charge in [0.15, 0.2) is 11.6 Å². The molecule has 0 atom stereocenters. The zero-order valence-corrected chi connectivity index (χ0v) is 19.6. The largest absolute Gasteiger partial charge is 0.398 e. The van der Waals surface area contributed by atoms with Crippen molar-refractivity contribution in [2.75, 3.05) is 5.73 Å². The Morgan fingerprint density at radius 3 is 1.49 bits per heavy atom. The fourth-order valence-corrected chi connectivity index (χ4v) is 6.96. The minimum absolute atomic E-state index is 0.0254. The number of benzene rings is 7. The van der Waals surface area contributed by atoms with Crippen molar-refractivity contribution in [1.82, 2.24) is 0 Å². The number of rotatable bonds is 0. The van der Waals surface area contributed by atoms with E-state index in [1.54, 1.807) is 6.07 Å². The summed E-state index contributed by atoms with van der Waals surface area (Å²) >= 11 is 0. The molecular weight excluding hydrogens is 454 g/mol. The lowest BCUT2D eigenvalue weighted by Gasteiger charge is -2.26. The summed E-state index contributed by atoms with van der Waals surface area (Å²) < 4.78 is 0. The maximum Gasteiger partial charge on any atom is 0.196 e. The van der Waals surface area contributed by atoms with Crippen LogP contribution in [-0.4, -0.2) is 11.6 Å². The molecule has 9 rings (SSSR count). The summed E-state index contributed by atoms with van der Waals surface area (Å²) in [5.41, 5.74) is 13.6. The summed E-state index contributed by atoms with van der Waals surface area (Å²) in [6.45, 7) is 0. The molecule has 0 amide bonds. The van der Waals surface area contributed by atoms with E-state index in [1.165, 1.54) is 0 Å². The molecule has 2 aliphatic carbocycles. The van der Waals surface area contributed by atoms with Gasteiger partial charge >= 0.3 is 0 Å². The quantitative estimate of drug-likeness (QED) is 0.140. The Kier molecular flexibility index (Phi) is 3.22. The average Bonchev–Trinajstić information content (AvgIpc) is 2.93. The molecule has 0 bridgehead atoms. The molecule has 2 aliphatic rings. The predicted octanol–water partition coefficient (Wildman–Crippen LogP) is 7.74. The van der Waals surface area contributed by atoms with Gasteiger partial charge in [0.1, 0.15) is 0 Å². The molecule has 0 spiro atoms. The van der Waals surface area contributed by atoms with Crippen molar-refractivity contribution in [3.63, 3.8) is 0 Å². The van der Waals surface area contributed by atoms with Crippen LogP contribution in [-0.2, 0) is 0 Å². The molecule has 3 heteroatoms. The third-order valence-corrected chi connectivity index (χ3v) is 8.47. The smallest absolute Gasteiger partial charge is 0.196 e. The standard InChI is InChI=1S/C34H17NO2/c35-27-7-3-6-17-19-10-11-21-20-9-8-18-16-4-1-2-5-24(16)33(36)25-14-12-22(28(20)30(18)25)23-13-15-26(31(19)29(21)23)34(37)32(17)27/h1-15H,35H2. The highest BCUT2D eigenvalue weighted by Crippen LogP contribution is 2.50. The lowest BCUT2D eigenvalue weighted by molar-refractivity contribution is 0.103. The molecule has 0 radical (unpaired) electrons. The lowest BCUT2D eigenvalue weighted by atomic mass is 9.76. The minimum atomic E-state index is -0.0254. The summed E-state index contributed by atoms with van der Waals surface area (Å²) in [6, 6.07) is 30.3. The number of fused-ring (bicyclic) bond motifs is 6. The van der Waals surface area contributed by atoms with Gasteiger partial charge in [-0.1, -0.05) is 72.8 Å². The first-order valence-electron chi connectivity index (χ1n) is 12.4. The number of nitrogens with two attached hydrogens (primary N) is 1. The molecule has 0 heterocycles. The molecule has 2 N–H and O–H groups in total. The van der Waals surface area contributed by atoms with Gasteiger partial charge in [0.05, 0.1) is 5.56 Å². The van der Waals surface area contributed by atoms with Crippen molar-refractivity contribution in [3.05, 3.63) is 113 Å². The molecule has 7 aromatic carbocycles. The van der Waals surface area contributed by atoms with Crippen molar-refractivity contribution in [2.24, 2.45) is 0 Å². The first-order chi connectivity index (χ1) is 18.1. The average molecular weight is 472 g/mol. The van der Waals surface area contributed by atoms with Gasteiger partial charge in [-0.05, 0) is 72.8 Å². The molecule has 7 aromatic rings. The van der Waals surface area contributed by atoms with Gasteiger partial charge in [0.25, 0.3) is 0 Å². The Labute approximate surface area is 211 Å². The molecule has 0 saturated carbocycles. The summed E-state index contributed by atoms with van der Waals surface area (Å²) in [5, 5.41) is 8.60. The second kappa shape index (κ2) is 6.21. The molecule has 37 heavy (non-hydrogen) atoms. The number of nitrogen functional groups attached to an aromatic ring is 1. The Morgan fingerprint density at radius 1 is 0.378 bits per heavy atom. The first-order valence-corrected chi connectivity index (χ1v) is 12.4. The van der Waals surface area contributed by atoms with E-state index in [9.17, 15) is 9.59 Å². The second-order valence-electron chi connectivity index (χ2n) is 10.1. The number of carbonyl (C=O) groups excluding carboxylic acids is 2. The molecule has 0 saturated heterocycles. The first kappa shape index (κ1) is 19.2. The molecule has 0 aliphatic heterocycles. The summed E-state index contributed by atoms with van der Waals surface area (Å²) in [6.07, 6.45) is 0. The highest BCUT2D eigenvalue weighted by atomic mass is 16.1. The number of anilines is 1. The number of carbonyl (C=O) groups is 2. The van der Waals surface area contributed by atoms with E-state index < -0.39 is 0 Å². The summed E-state index contributed by atoms with van der Waals surface area (Å²) in [4.78, 5) is 27.2. The third-order valence-electron chi connectivity index (χ3n) is 8.47. The second-order valence-corrected chi connectivity index (χ2v) is 10.1. The Balaban J connectivity index is 1.52. The van der Waals surface area contributed by atoms with Crippen molar-refractivity contribution >= 4 is 60.3 Å². The molecule has 0 unspecified atom stereocenters. The highest BCUT2D eigenvalue weighted by molar-refractivity contribution is 6.41. The Hall–Kier alpha value is -5.02. The van der Waals surface area contributed by atoms with E-state index in [4.69, 9.17) is 5.73 Å². The van der Waals surface area contributed by atoms with Gasteiger partial charge in [-0.3, -0.25) is 9.59 Å². The van der Waals surface area contributed by atoms with Crippen molar-refractivity contribution in [3.8, 4) is 22.3 Å². The fourth-order valence-electron chi connectivity index (χ4n) is 6.96. The van der Waals surface area contributed by atoms with Crippen LogP contribution in [0.1, 0.15) is 31.8 Å². The van der Waals surface area contributed by atoms with Crippen molar-refractivity contribution in [1.29, 1.82) is 0 Å². The van der Waals surface area contributed by atoms with Crippen LogP contribution in [0.2, 0.25) is 0 Å². The van der Waals surface area contributed by atoms with Gasteiger partial charge in [-0.2, -0.15) is 0 Å². The zero-order chi connectivity index (χ0) is 24.6. The fraction of sp³-hybridized carbons (Fsp3) is 0. The maximum atomic E-state index is 13.7. The van der Waals surface area contributed by atoms with E-state index in [0.717, 1.165) is 76.5 Å². The monoisotopic (exact) mass is 471 g/mol. The summed E-state index contributed by atoms with van der Waals surface area (Å²) in [5.74, 6) is 0.0465. The molecule has 0 aromatic heterocycles. The van der Waals surface area contributed by atoms with Crippen LogP contribution < -0.4 is 5.73 Å². The van der Waals surface area contributed by atoms with Crippen LogP contribution in [0.3, 0.4) is 0 Å². The zero-order valence-electron chi connectivity index (χ0n) is 19.6. The summed E-state index contributed by atoms with van der Waals surface area (Å²) in [7, 11) is 0. The van der Waals surface area contributed by atoms with Gasteiger partial charge in [0, 0.05) is 33.2 Å². The van der Waals surface area contributed by atoms with Crippen molar-refractivity contribution < 1.29 is 9.59 Å². The topological polar surface area (TPSA) is 60.2 Å². The number of hydrogen-bond acceptors (Lipinski definition) is 3. The van der Waals surface area contributed by atoms with Crippen LogP contribution in [0.5, 0.6) is 0 Å².